The second kappa shape index (κ2) is 9.40. The van der Waals surface area contributed by atoms with E-state index in [0.29, 0.717) is 5.92 Å². The van der Waals surface area contributed by atoms with Crippen LogP contribution in [0, 0.1) is 5.92 Å². The molecular weight excluding hydrogens is 324 g/mol. The third kappa shape index (κ3) is 4.59. The van der Waals surface area contributed by atoms with Crippen LogP contribution in [0.25, 0.3) is 0 Å². The summed E-state index contributed by atoms with van der Waals surface area (Å²) in [5.74, 6) is 0.437. The van der Waals surface area contributed by atoms with E-state index >= 15 is 0 Å². The first kappa shape index (κ1) is 19.2. The lowest BCUT2D eigenvalue weighted by atomic mass is 9.88. The number of likely N-dealkylation sites (tertiary alicyclic amines) is 1. The maximum Gasteiger partial charge on any atom is 0.410 e. The Morgan fingerprint density at radius 2 is 1.85 bits per heavy atom. The maximum absolute atomic E-state index is 12.6. The monoisotopic (exact) mass is 358 g/mol. The van der Waals surface area contributed by atoms with Crippen molar-refractivity contribution < 1.29 is 9.53 Å². The van der Waals surface area contributed by atoms with E-state index in [4.69, 9.17) is 4.74 Å². The van der Waals surface area contributed by atoms with Gasteiger partial charge >= 0.3 is 6.09 Å². The van der Waals surface area contributed by atoms with Crippen molar-refractivity contribution in [2.24, 2.45) is 5.92 Å². The van der Waals surface area contributed by atoms with Gasteiger partial charge in [0.2, 0.25) is 0 Å². The Balaban J connectivity index is 1.66. The third-order valence-electron chi connectivity index (χ3n) is 5.91. The second-order valence-corrected chi connectivity index (χ2v) is 7.92. The van der Waals surface area contributed by atoms with E-state index in [9.17, 15) is 4.79 Å². The number of carbonyl (C=O) groups excluding carboxylic acids is 1. The lowest BCUT2D eigenvalue weighted by molar-refractivity contribution is 0.123. The van der Waals surface area contributed by atoms with Gasteiger partial charge in [-0.3, -0.25) is 0 Å². The first-order chi connectivity index (χ1) is 12.7. The highest BCUT2D eigenvalue weighted by Crippen LogP contribution is 2.38. The van der Waals surface area contributed by atoms with E-state index in [2.05, 4.69) is 30.9 Å². The fourth-order valence-corrected chi connectivity index (χ4v) is 4.56. The zero-order valence-electron chi connectivity index (χ0n) is 16.4. The van der Waals surface area contributed by atoms with E-state index in [1.54, 1.807) is 0 Å². The highest BCUT2D eigenvalue weighted by molar-refractivity contribution is 5.71. The Hall–Kier alpha value is -1.55. The maximum atomic E-state index is 12.6. The molecule has 0 bridgehead atoms. The van der Waals surface area contributed by atoms with Gasteiger partial charge in [0.25, 0.3) is 0 Å². The molecule has 3 unspecified atom stereocenters. The summed E-state index contributed by atoms with van der Waals surface area (Å²) in [6.07, 6.45) is 7.01. The average molecular weight is 359 g/mol. The van der Waals surface area contributed by atoms with Crippen LogP contribution in [-0.2, 0) is 4.74 Å². The van der Waals surface area contributed by atoms with E-state index in [0.717, 1.165) is 37.9 Å². The second-order valence-electron chi connectivity index (χ2n) is 7.92. The molecule has 0 N–H and O–H groups in total. The van der Waals surface area contributed by atoms with Gasteiger partial charge in [-0.05, 0) is 56.8 Å². The van der Waals surface area contributed by atoms with Crippen molar-refractivity contribution in [3.8, 4) is 0 Å². The van der Waals surface area contributed by atoms with Crippen LogP contribution in [0.15, 0.2) is 30.3 Å². The summed E-state index contributed by atoms with van der Waals surface area (Å²) in [5.41, 5.74) is 1.12. The molecule has 0 saturated carbocycles. The van der Waals surface area contributed by atoms with Crippen molar-refractivity contribution in [3.63, 3.8) is 0 Å². The molecule has 3 atom stereocenters. The molecule has 4 nitrogen and oxygen atoms in total. The summed E-state index contributed by atoms with van der Waals surface area (Å²) in [5, 5.41) is 0. The van der Waals surface area contributed by atoms with Crippen molar-refractivity contribution in [2.75, 3.05) is 26.2 Å². The lowest BCUT2D eigenvalue weighted by Gasteiger charge is -2.31. The molecule has 0 aliphatic carbocycles. The fourth-order valence-electron chi connectivity index (χ4n) is 4.56. The summed E-state index contributed by atoms with van der Waals surface area (Å²) >= 11 is 0. The quantitative estimate of drug-likeness (QED) is 0.665. The number of rotatable bonds is 8. The average Bonchev–Trinajstić information content (AvgIpc) is 3.00. The molecule has 2 fully saturated rings. The van der Waals surface area contributed by atoms with Crippen LogP contribution in [0.2, 0.25) is 0 Å². The van der Waals surface area contributed by atoms with Crippen LogP contribution >= 0.6 is 0 Å². The highest BCUT2D eigenvalue weighted by Gasteiger charge is 2.44. The largest absolute Gasteiger partial charge is 0.439 e. The third-order valence-corrected chi connectivity index (χ3v) is 5.91. The molecule has 1 aromatic carbocycles. The molecule has 2 saturated heterocycles. The van der Waals surface area contributed by atoms with Gasteiger partial charge in [0.15, 0.2) is 0 Å². The molecule has 2 heterocycles. The van der Waals surface area contributed by atoms with E-state index in [1.807, 2.05) is 23.1 Å². The van der Waals surface area contributed by atoms with Gasteiger partial charge in [-0.15, -0.1) is 0 Å². The number of carbonyl (C=O) groups is 1. The first-order valence-corrected chi connectivity index (χ1v) is 10.4. The number of ether oxygens (including phenoxy) is 1. The van der Waals surface area contributed by atoms with Gasteiger partial charge < -0.3 is 14.5 Å². The van der Waals surface area contributed by atoms with Crippen LogP contribution in [0.4, 0.5) is 4.79 Å². The van der Waals surface area contributed by atoms with Gasteiger partial charge in [-0.1, -0.05) is 57.0 Å². The molecule has 1 amide bonds. The number of hydrogen-bond donors (Lipinski definition) is 0. The van der Waals surface area contributed by atoms with E-state index < -0.39 is 0 Å². The molecule has 2 aliphatic heterocycles. The van der Waals surface area contributed by atoms with Gasteiger partial charge in [-0.2, -0.15) is 0 Å². The van der Waals surface area contributed by atoms with Crippen LogP contribution < -0.4 is 0 Å². The van der Waals surface area contributed by atoms with E-state index in [1.165, 1.54) is 32.4 Å². The Morgan fingerprint density at radius 1 is 1.12 bits per heavy atom. The van der Waals surface area contributed by atoms with Gasteiger partial charge in [0.1, 0.15) is 6.10 Å². The van der Waals surface area contributed by atoms with Crippen LogP contribution in [0.5, 0.6) is 0 Å². The van der Waals surface area contributed by atoms with Gasteiger partial charge in [0, 0.05) is 6.54 Å². The first-order valence-electron chi connectivity index (χ1n) is 10.4. The van der Waals surface area contributed by atoms with E-state index in [-0.39, 0.29) is 18.2 Å². The molecule has 0 aromatic heterocycles. The smallest absolute Gasteiger partial charge is 0.410 e. The van der Waals surface area contributed by atoms with Crippen molar-refractivity contribution in [2.45, 2.75) is 64.5 Å². The van der Waals surface area contributed by atoms with Crippen molar-refractivity contribution in [1.29, 1.82) is 0 Å². The lowest BCUT2D eigenvalue weighted by Crippen LogP contribution is -2.41. The van der Waals surface area contributed by atoms with Crippen molar-refractivity contribution in [3.05, 3.63) is 35.9 Å². The molecule has 4 heteroatoms. The predicted molar refractivity (Wildman–Crippen MR) is 105 cm³/mol. The molecule has 26 heavy (non-hydrogen) atoms. The minimum Gasteiger partial charge on any atom is -0.439 e. The van der Waals surface area contributed by atoms with Crippen LogP contribution in [0.1, 0.15) is 64.0 Å². The number of amides is 1. The molecule has 144 valence electrons. The zero-order chi connectivity index (χ0) is 18.4. The number of nitrogens with zero attached hydrogens (tertiary/aromatic N) is 2. The molecule has 1 aromatic rings. The summed E-state index contributed by atoms with van der Waals surface area (Å²) in [4.78, 5) is 17.2. The standard InChI is InChI=1S/C22H34N2O2/c1-3-11-18(2)20-21(19-12-6-4-7-13-19)26-22(25)24(20)17-10-16-23-14-8-5-9-15-23/h4,6-7,12-13,18,20-21H,3,5,8-11,14-17H2,1-2H3. The minimum absolute atomic E-state index is 0.134. The fraction of sp³-hybridized carbons (Fsp3) is 0.682. The summed E-state index contributed by atoms with van der Waals surface area (Å²) < 4.78 is 5.86. The zero-order valence-corrected chi connectivity index (χ0v) is 16.4. The Morgan fingerprint density at radius 3 is 2.54 bits per heavy atom. The highest BCUT2D eigenvalue weighted by atomic mass is 16.6. The van der Waals surface area contributed by atoms with Crippen LogP contribution in [-0.4, -0.2) is 48.1 Å². The molecule has 3 rings (SSSR count). The number of benzene rings is 1. The normalized spacial score (nSPS) is 25.3. The number of piperidine rings is 1. The van der Waals surface area contributed by atoms with Crippen molar-refractivity contribution in [1.82, 2.24) is 9.80 Å². The summed E-state index contributed by atoms with van der Waals surface area (Å²) in [6.45, 7) is 8.81. The molecular formula is C22H34N2O2. The molecule has 0 radical (unpaired) electrons. The van der Waals surface area contributed by atoms with Crippen molar-refractivity contribution >= 4 is 6.09 Å². The predicted octanol–water partition coefficient (Wildman–Crippen LogP) is 4.86. The Labute approximate surface area is 158 Å². The Kier molecular flexibility index (Phi) is 6.95. The van der Waals surface area contributed by atoms with Crippen LogP contribution in [0.3, 0.4) is 0 Å². The van der Waals surface area contributed by atoms with Gasteiger partial charge in [-0.25, -0.2) is 4.79 Å². The summed E-state index contributed by atoms with van der Waals surface area (Å²) in [7, 11) is 0. The molecule has 0 spiro atoms. The topological polar surface area (TPSA) is 32.8 Å². The molecule has 2 aliphatic rings. The summed E-state index contributed by atoms with van der Waals surface area (Å²) in [6, 6.07) is 10.4. The Bertz CT molecular complexity index is 557. The minimum atomic E-state index is -0.139. The number of hydrogen-bond acceptors (Lipinski definition) is 3. The van der Waals surface area contributed by atoms with Gasteiger partial charge in [0.05, 0.1) is 6.04 Å². The number of cyclic esters (lactones) is 1. The SMILES string of the molecule is CCCC(C)C1C(c2ccccc2)OC(=O)N1CCCN1CCCCC1.